The lowest BCUT2D eigenvalue weighted by Crippen LogP contribution is -2.19. The van der Waals surface area contributed by atoms with Gasteiger partial charge >= 0.3 is 0 Å². The Morgan fingerprint density at radius 1 is 0.900 bits per heavy atom. The van der Waals surface area contributed by atoms with E-state index in [2.05, 4.69) is 0 Å². The number of aryl methyl sites for hydroxylation is 1. The van der Waals surface area contributed by atoms with Gasteiger partial charge in [0.2, 0.25) is 0 Å². The van der Waals surface area contributed by atoms with Gasteiger partial charge in [0.15, 0.2) is 0 Å². The maximum Gasteiger partial charge on any atom is 0.264 e. The summed E-state index contributed by atoms with van der Waals surface area (Å²) >= 11 is 0. The van der Waals surface area contributed by atoms with Gasteiger partial charge in [-0.3, -0.25) is 8.37 Å². The van der Waals surface area contributed by atoms with Crippen molar-refractivity contribution in [3.05, 3.63) is 35.4 Å². The monoisotopic (exact) mass is 322 g/mol. The molecule has 0 aromatic heterocycles. The molecule has 0 atom stereocenters. The molecule has 0 unspecified atom stereocenters. The molecule has 1 aromatic carbocycles. The van der Waals surface area contributed by atoms with Gasteiger partial charge in [0.1, 0.15) is 0 Å². The first-order valence-corrected chi connectivity index (χ1v) is 9.45. The Bertz CT molecular complexity index is 595. The maximum atomic E-state index is 11.0. The predicted molar refractivity (Wildman–Crippen MR) is 75.5 cm³/mol. The summed E-state index contributed by atoms with van der Waals surface area (Å²) in [4.78, 5) is 0. The van der Waals surface area contributed by atoms with Crippen molar-refractivity contribution in [1.29, 1.82) is 0 Å². The number of rotatable bonds is 7. The van der Waals surface area contributed by atoms with Gasteiger partial charge in [0.25, 0.3) is 20.2 Å². The molecular formula is C12H18O6S2. The SMILES string of the molecule is Cc1ccc(C(COS(C)(=O)=O)COS(C)(=O)=O)cc1. The van der Waals surface area contributed by atoms with Crippen LogP contribution < -0.4 is 0 Å². The quantitative estimate of drug-likeness (QED) is 0.697. The van der Waals surface area contributed by atoms with Crippen LogP contribution in [0.25, 0.3) is 0 Å². The largest absolute Gasteiger partial charge is 0.270 e. The Balaban J connectivity index is 2.86. The van der Waals surface area contributed by atoms with E-state index in [-0.39, 0.29) is 13.2 Å². The van der Waals surface area contributed by atoms with Crippen LogP contribution in [-0.2, 0) is 28.6 Å². The molecule has 20 heavy (non-hydrogen) atoms. The molecule has 0 amide bonds. The highest BCUT2D eigenvalue weighted by atomic mass is 32.2. The molecule has 114 valence electrons. The molecule has 0 N–H and O–H groups in total. The Kier molecular flexibility index (Phi) is 5.69. The predicted octanol–water partition coefficient (Wildman–Crippen LogP) is 1.03. The van der Waals surface area contributed by atoms with Crippen LogP contribution >= 0.6 is 0 Å². The van der Waals surface area contributed by atoms with Crippen molar-refractivity contribution in [2.75, 3.05) is 25.7 Å². The summed E-state index contributed by atoms with van der Waals surface area (Å²) in [5, 5.41) is 0. The summed E-state index contributed by atoms with van der Waals surface area (Å²) in [7, 11) is -7.19. The van der Waals surface area contributed by atoms with Crippen molar-refractivity contribution in [2.24, 2.45) is 0 Å². The Morgan fingerprint density at radius 2 is 1.30 bits per heavy atom. The van der Waals surface area contributed by atoms with Gasteiger partial charge in [-0.15, -0.1) is 0 Å². The van der Waals surface area contributed by atoms with Crippen molar-refractivity contribution in [3.8, 4) is 0 Å². The molecule has 0 heterocycles. The van der Waals surface area contributed by atoms with E-state index in [4.69, 9.17) is 8.37 Å². The summed E-state index contributed by atoms with van der Waals surface area (Å²) < 4.78 is 53.6. The van der Waals surface area contributed by atoms with E-state index >= 15 is 0 Å². The molecule has 0 aliphatic carbocycles. The van der Waals surface area contributed by atoms with E-state index < -0.39 is 26.2 Å². The fourth-order valence-corrected chi connectivity index (χ4v) is 2.31. The average molecular weight is 322 g/mol. The standard InChI is InChI=1S/C12H18O6S2/c1-10-4-6-11(7-5-10)12(8-17-19(2,13)14)9-18-20(3,15)16/h4-7,12H,8-9H2,1-3H3. The highest BCUT2D eigenvalue weighted by Crippen LogP contribution is 2.19. The van der Waals surface area contributed by atoms with Crippen LogP contribution in [0.4, 0.5) is 0 Å². The lowest BCUT2D eigenvalue weighted by molar-refractivity contribution is 0.229. The van der Waals surface area contributed by atoms with E-state index in [9.17, 15) is 16.8 Å². The highest BCUT2D eigenvalue weighted by Gasteiger charge is 2.17. The van der Waals surface area contributed by atoms with Crippen LogP contribution in [0.5, 0.6) is 0 Å². The lowest BCUT2D eigenvalue weighted by Gasteiger charge is -2.16. The number of hydrogen-bond donors (Lipinski definition) is 0. The molecule has 0 fully saturated rings. The molecule has 1 rings (SSSR count). The van der Waals surface area contributed by atoms with Gasteiger partial charge in [-0.1, -0.05) is 29.8 Å². The van der Waals surface area contributed by atoms with Gasteiger partial charge in [-0.2, -0.15) is 16.8 Å². The maximum absolute atomic E-state index is 11.0. The second kappa shape index (κ2) is 6.66. The normalized spacial score (nSPS) is 12.8. The van der Waals surface area contributed by atoms with Crippen LogP contribution in [-0.4, -0.2) is 42.6 Å². The first kappa shape index (κ1) is 17.1. The highest BCUT2D eigenvalue weighted by molar-refractivity contribution is 7.86. The van der Waals surface area contributed by atoms with E-state index in [0.29, 0.717) is 0 Å². The minimum absolute atomic E-state index is 0.169. The molecule has 0 saturated carbocycles. The van der Waals surface area contributed by atoms with Crippen molar-refractivity contribution < 1.29 is 25.2 Å². The van der Waals surface area contributed by atoms with Gasteiger partial charge in [0, 0.05) is 5.92 Å². The summed E-state index contributed by atoms with van der Waals surface area (Å²) in [6.07, 6.45) is 1.88. The number of benzene rings is 1. The molecule has 0 saturated heterocycles. The first-order chi connectivity index (χ1) is 9.07. The summed E-state index contributed by atoms with van der Waals surface area (Å²) in [5.74, 6) is -0.486. The molecule has 0 aliphatic rings. The van der Waals surface area contributed by atoms with Gasteiger partial charge in [0.05, 0.1) is 25.7 Å². The van der Waals surface area contributed by atoms with E-state index in [1.54, 1.807) is 12.1 Å². The van der Waals surface area contributed by atoms with Crippen LogP contribution in [0.15, 0.2) is 24.3 Å². The number of hydrogen-bond acceptors (Lipinski definition) is 6. The molecule has 0 bridgehead atoms. The molecule has 1 aromatic rings. The van der Waals surface area contributed by atoms with Crippen molar-refractivity contribution in [3.63, 3.8) is 0 Å². The smallest absolute Gasteiger partial charge is 0.264 e. The van der Waals surface area contributed by atoms with Crippen LogP contribution in [0.1, 0.15) is 17.0 Å². The topological polar surface area (TPSA) is 86.7 Å². The summed E-state index contributed by atoms with van der Waals surface area (Å²) in [6, 6.07) is 7.28. The second-order valence-electron chi connectivity index (χ2n) is 4.58. The Labute approximate surface area is 120 Å². The average Bonchev–Trinajstić information content (AvgIpc) is 2.28. The fraction of sp³-hybridized carbons (Fsp3) is 0.500. The summed E-state index contributed by atoms with van der Waals surface area (Å²) in [5.41, 5.74) is 1.79. The van der Waals surface area contributed by atoms with Crippen LogP contribution in [0.3, 0.4) is 0 Å². The zero-order chi connectivity index (χ0) is 15.4. The minimum atomic E-state index is -3.59. The van der Waals surface area contributed by atoms with Crippen molar-refractivity contribution >= 4 is 20.2 Å². The first-order valence-electron chi connectivity index (χ1n) is 5.82. The Morgan fingerprint density at radius 3 is 1.65 bits per heavy atom. The third-order valence-corrected chi connectivity index (χ3v) is 3.64. The molecule has 0 aliphatic heterocycles. The molecule has 8 heteroatoms. The van der Waals surface area contributed by atoms with E-state index in [1.165, 1.54) is 0 Å². The minimum Gasteiger partial charge on any atom is -0.270 e. The summed E-state index contributed by atoms with van der Waals surface area (Å²) in [6.45, 7) is 1.58. The molecule has 0 spiro atoms. The zero-order valence-electron chi connectivity index (χ0n) is 11.6. The van der Waals surface area contributed by atoms with Crippen LogP contribution in [0.2, 0.25) is 0 Å². The Hall–Kier alpha value is -0.960. The second-order valence-corrected chi connectivity index (χ2v) is 7.87. The molecular weight excluding hydrogens is 304 g/mol. The van der Waals surface area contributed by atoms with Crippen LogP contribution in [0, 0.1) is 6.92 Å². The van der Waals surface area contributed by atoms with Gasteiger partial charge < -0.3 is 0 Å². The third-order valence-electron chi connectivity index (χ3n) is 2.52. The van der Waals surface area contributed by atoms with Crippen molar-refractivity contribution in [2.45, 2.75) is 12.8 Å². The molecule has 0 radical (unpaired) electrons. The van der Waals surface area contributed by atoms with Gasteiger partial charge in [-0.25, -0.2) is 0 Å². The zero-order valence-corrected chi connectivity index (χ0v) is 13.2. The lowest BCUT2D eigenvalue weighted by atomic mass is 10.00. The van der Waals surface area contributed by atoms with Gasteiger partial charge in [-0.05, 0) is 12.5 Å². The van der Waals surface area contributed by atoms with E-state index in [1.807, 2.05) is 19.1 Å². The fourth-order valence-electron chi connectivity index (χ4n) is 1.49. The van der Waals surface area contributed by atoms with E-state index in [0.717, 1.165) is 23.6 Å². The molecule has 6 nitrogen and oxygen atoms in total. The third kappa shape index (κ3) is 6.99. The van der Waals surface area contributed by atoms with Crippen molar-refractivity contribution in [1.82, 2.24) is 0 Å².